The van der Waals surface area contributed by atoms with Crippen LogP contribution in [0, 0.1) is 0 Å². The van der Waals surface area contributed by atoms with Gasteiger partial charge in [-0.3, -0.25) is 15.7 Å². The number of pyridine rings is 1. The summed E-state index contributed by atoms with van der Waals surface area (Å²) in [6.45, 7) is 7.89. The van der Waals surface area contributed by atoms with Crippen molar-refractivity contribution < 1.29 is 10.4 Å². The summed E-state index contributed by atoms with van der Waals surface area (Å²) in [4.78, 5) is 6.80. The largest absolute Gasteiger partial charge is 0.384 e. The van der Waals surface area contributed by atoms with Crippen molar-refractivity contribution >= 4 is 35.5 Å². The van der Waals surface area contributed by atoms with Gasteiger partial charge >= 0.3 is 0 Å². The van der Waals surface area contributed by atoms with E-state index >= 15 is 0 Å². The van der Waals surface area contributed by atoms with Crippen LogP contribution in [0.25, 0.3) is 18.2 Å². The van der Waals surface area contributed by atoms with Crippen LogP contribution in [0.3, 0.4) is 0 Å². The third-order valence-electron chi connectivity index (χ3n) is 8.52. The predicted molar refractivity (Wildman–Crippen MR) is 187 cm³/mol. The number of hydrogen-bond acceptors (Lipinski definition) is 6. The molecule has 8 heteroatoms. The highest BCUT2D eigenvalue weighted by molar-refractivity contribution is 6.31. The second kappa shape index (κ2) is 16.0. The zero-order valence-electron chi connectivity index (χ0n) is 26.4. The van der Waals surface area contributed by atoms with Gasteiger partial charge in [-0.05, 0) is 71.2 Å². The van der Waals surface area contributed by atoms with E-state index in [1.165, 1.54) is 16.7 Å². The van der Waals surface area contributed by atoms with Crippen LogP contribution in [0.5, 0.6) is 0 Å². The molecule has 7 nitrogen and oxygen atoms in total. The summed E-state index contributed by atoms with van der Waals surface area (Å²) in [5.74, 6) is 6.00. The Balaban J connectivity index is 1.26. The van der Waals surface area contributed by atoms with Crippen LogP contribution in [0.2, 0.25) is 0 Å². The van der Waals surface area contributed by atoms with Crippen molar-refractivity contribution in [2.75, 3.05) is 38.0 Å². The van der Waals surface area contributed by atoms with E-state index in [9.17, 15) is 5.11 Å². The van der Waals surface area contributed by atoms with Gasteiger partial charge in [0.1, 0.15) is 6.20 Å². The molecule has 0 bridgehead atoms. The highest BCUT2D eigenvalue weighted by Gasteiger charge is 2.27. The lowest BCUT2D eigenvalue weighted by Crippen LogP contribution is -2.80. The molecule has 2 heterocycles. The molecule has 1 fully saturated rings. The van der Waals surface area contributed by atoms with Gasteiger partial charge in [-0.25, -0.2) is 0 Å². The van der Waals surface area contributed by atoms with E-state index in [-0.39, 0.29) is 0 Å². The molecule has 1 aromatic heterocycles. The molecular weight excluding hydrogens is 580 g/mol. The monoisotopic (exact) mass is 625 g/mol. The Labute approximate surface area is 272 Å². The van der Waals surface area contributed by atoms with Crippen LogP contribution in [0.4, 0.5) is 5.69 Å². The predicted octanol–water partition coefficient (Wildman–Crippen LogP) is 4.86. The highest BCUT2D eigenvalue weighted by Crippen LogP contribution is 2.29. The first-order valence-corrected chi connectivity index (χ1v) is 16.4. The minimum absolute atomic E-state index is 0.635. The first-order valence-electron chi connectivity index (χ1n) is 16.0. The maximum absolute atomic E-state index is 11.5. The molecule has 45 heavy (non-hydrogen) atoms. The maximum Gasteiger partial charge on any atom is 0.115 e. The van der Waals surface area contributed by atoms with Crippen molar-refractivity contribution in [3.63, 3.8) is 0 Å². The number of aliphatic hydroxyl groups is 1. The number of nitrogens with zero attached hydrogens (tertiary/aromatic N) is 2. The van der Waals surface area contributed by atoms with Crippen LogP contribution in [-0.4, -0.2) is 53.8 Å². The van der Waals surface area contributed by atoms with Crippen LogP contribution in [0.1, 0.15) is 53.8 Å². The van der Waals surface area contributed by atoms with Gasteiger partial charge in [-0.1, -0.05) is 86.1 Å². The summed E-state index contributed by atoms with van der Waals surface area (Å²) < 4.78 is 0. The van der Waals surface area contributed by atoms with Gasteiger partial charge in [0.25, 0.3) is 0 Å². The fraction of sp³-hybridized carbons (Fsp3) is 0.324. The highest BCUT2D eigenvalue weighted by atomic mass is 35.5. The molecule has 1 aliphatic carbocycles. The second-order valence-corrected chi connectivity index (χ2v) is 12.3. The minimum atomic E-state index is -0.640. The molecule has 0 saturated carbocycles. The van der Waals surface area contributed by atoms with Crippen LogP contribution >= 0.6 is 11.6 Å². The molecule has 5 rings (SSSR count). The van der Waals surface area contributed by atoms with E-state index in [1.54, 1.807) is 0 Å². The molecule has 0 unspecified atom stereocenters. The summed E-state index contributed by atoms with van der Waals surface area (Å²) in [5.41, 5.74) is 13.9. The number of quaternary nitrogens is 1. The van der Waals surface area contributed by atoms with E-state index in [4.69, 9.17) is 17.4 Å². The van der Waals surface area contributed by atoms with Gasteiger partial charge < -0.3 is 21.2 Å². The minimum Gasteiger partial charge on any atom is -0.384 e. The molecule has 1 saturated heterocycles. The molecular formula is C37H46ClN6O+. The Hall–Kier alpha value is -3.72. The molecule has 236 valence electrons. The number of piperidine rings is 1. The van der Waals surface area contributed by atoms with Crippen LogP contribution in [0.15, 0.2) is 88.9 Å². The Kier molecular flexibility index (Phi) is 11.6. The number of hydrazine groups is 1. The molecule has 3 aromatic rings. The third kappa shape index (κ3) is 8.93. The number of likely N-dealkylation sites (tertiary alicyclic amines) is 1. The zero-order valence-corrected chi connectivity index (χ0v) is 27.2. The van der Waals surface area contributed by atoms with Crippen molar-refractivity contribution in [2.45, 2.75) is 45.6 Å². The number of hydrogen-bond donors (Lipinski definition) is 5. The van der Waals surface area contributed by atoms with Crippen molar-refractivity contribution in [1.82, 2.24) is 15.3 Å². The molecule has 0 spiro atoms. The Bertz CT molecular complexity index is 1490. The Morgan fingerprint density at radius 2 is 1.60 bits per heavy atom. The normalized spacial score (nSPS) is 17.8. The van der Waals surface area contributed by atoms with Gasteiger partial charge in [0.15, 0.2) is 0 Å². The summed E-state index contributed by atoms with van der Waals surface area (Å²) in [6.07, 6.45) is 13.2. The Morgan fingerprint density at radius 1 is 0.978 bits per heavy atom. The molecule has 2 aromatic carbocycles. The van der Waals surface area contributed by atoms with Crippen LogP contribution < -0.4 is 21.9 Å². The number of allylic oxidation sites excluding steroid dienone is 1. The molecule has 0 atom stereocenters. The number of rotatable bonds is 12. The number of fused-ring (bicyclic) bond motifs is 1. The van der Waals surface area contributed by atoms with Crippen molar-refractivity contribution in [1.29, 1.82) is 0 Å². The number of aromatic nitrogens is 1. The van der Waals surface area contributed by atoms with E-state index in [0.29, 0.717) is 19.6 Å². The van der Waals surface area contributed by atoms with Crippen molar-refractivity contribution in [3.8, 4) is 0 Å². The zero-order chi connectivity index (χ0) is 31.6. The number of halogens is 1. The summed E-state index contributed by atoms with van der Waals surface area (Å²) in [7, 11) is 0. The van der Waals surface area contributed by atoms with Crippen molar-refractivity contribution in [3.05, 3.63) is 122 Å². The first-order chi connectivity index (χ1) is 21.9. The average Bonchev–Trinajstić information content (AvgIpc) is 3.06. The number of nitrogens with two attached hydrogens (primary N) is 2. The number of anilines is 1. The lowest BCUT2D eigenvalue weighted by Gasteiger charge is -2.34. The molecule has 2 aliphatic rings. The smallest absolute Gasteiger partial charge is 0.115 e. The van der Waals surface area contributed by atoms with E-state index in [2.05, 4.69) is 107 Å². The fourth-order valence-corrected chi connectivity index (χ4v) is 6.10. The summed E-state index contributed by atoms with van der Waals surface area (Å²) in [5, 5.41) is 18.1. The van der Waals surface area contributed by atoms with Gasteiger partial charge in [-0.15, -0.1) is 0 Å². The quantitative estimate of drug-likeness (QED) is 0.112. The fourth-order valence-electron chi connectivity index (χ4n) is 5.90. The van der Waals surface area contributed by atoms with Gasteiger partial charge in [0.05, 0.1) is 30.6 Å². The Morgan fingerprint density at radius 3 is 2.18 bits per heavy atom. The van der Waals surface area contributed by atoms with E-state index < -0.39 is 6.10 Å². The summed E-state index contributed by atoms with van der Waals surface area (Å²) in [6, 6.07) is 19.2. The van der Waals surface area contributed by atoms with Gasteiger partial charge in [0.2, 0.25) is 0 Å². The SMILES string of the molecule is CCc1ccc(/C=C2\CN(C/C(=C/[NH2+]CCNc3ccnc4c3CCC(Cl)=C4)NN)C/C(=C\c3ccc(CC)cc3)C2O)cc1. The van der Waals surface area contributed by atoms with Gasteiger partial charge in [0, 0.05) is 42.1 Å². The summed E-state index contributed by atoms with van der Waals surface area (Å²) >= 11 is 6.22. The van der Waals surface area contributed by atoms with Crippen LogP contribution in [-0.2, 0) is 19.3 Å². The topological polar surface area (TPSA) is 103 Å². The maximum atomic E-state index is 11.5. The lowest BCUT2D eigenvalue weighted by molar-refractivity contribution is -0.585. The van der Waals surface area contributed by atoms with E-state index in [0.717, 1.165) is 83.2 Å². The number of aryl methyl sites for hydroxylation is 2. The lowest BCUT2D eigenvalue weighted by atomic mass is 9.92. The molecule has 7 N–H and O–H groups in total. The number of aliphatic hydroxyl groups excluding tert-OH is 1. The standard InChI is InChI=1S/C37H45ClN6O/c1-3-26-5-9-28(10-6-26)19-30-23-44(24-31(37(30)45)20-29-11-7-27(4-2)8-12-29)25-33(43-39)22-40-17-18-42-35-15-16-41-36-21-32(38)13-14-34(35)36/h5-12,15-16,19-22,37,40,43,45H,3-4,13-14,17-18,23-25,39H2,1-2H3,(H,41,42)/p+1/b30-19+,31-20+,33-22-. The van der Waals surface area contributed by atoms with E-state index in [1.807, 2.05) is 18.3 Å². The average molecular weight is 626 g/mol. The number of benzene rings is 2. The van der Waals surface area contributed by atoms with Crippen molar-refractivity contribution in [2.24, 2.45) is 5.84 Å². The van der Waals surface area contributed by atoms with Gasteiger partial charge in [-0.2, -0.15) is 0 Å². The second-order valence-electron chi connectivity index (χ2n) is 11.8. The molecule has 0 amide bonds. The number of nitrogens with one attached hydrogen (secondary N) is 2. The molecule has 1 aliphatic heterocycles. The molecule has 0 radical (unpaired) electrons. The third-order valence-corrected chi connectivity index (χ3v) is 8.81. The first kappa shape index (κ1) is 32.7.